The second-order valence-corrected chi connectivity index (χ2v) is 4.08. The lowest BCUT2D eigenvalue weighted by Crippen LogP contribution is -2.67. The molecule has 1 heterocycles. The van der Waals surface area contributed by atoms with Gasteiger partial charge in [0.25, 0.3) is 0 Å². The second kappa shape index (κ2) is 4.95. The topological polar surface area (TPSA) is 89.0 Å². The number of hydrogen-bond donors (Lipinski definition) is 2. The summed E-state index contributed by atoms with van der Waals surface area (Å²) in [5, 5.41) is 0. The summed E-state index contributed by atoms with van der Waals surface area (Å²) >= 11 is 0. The van der Waals surface area contributed by atoms with E-state index in [1.807, 2.05) is 0 Å². The van der Waals surface area contributed by atoms with E-state index in [1.165, 1.54) is 14.2 Å². The highest BCUT2D eigenvalue weighted by Gasteiger charge is 2.55. The summed E-state index contributed by atoms with van der Waals surface area (Å²) in [6.07, 6.45) is -0.587. The number of ether oxygens (including phenoxy) is 4. The van der Waals surface area contributed by atoms with E-state index in [4.69, 9.17) is 30.4 Å². The van der Waals surface area contributed by atoms with Crippen LogP contribution in [0.5, 0.6) is 0 Å². The Morgan fingerprint density at radius 1 is 0.938 bits per heavy atom. The maximum atomic E-state index is 5.81. The lowest BCUT2D eigenvalue weighted by molar-refractivity contribution is -0.445. The molecule has 1 rings (SSSR count). The molecule has 96 valence electrons. The Morgan fingerprint density at radius 3 is 1.44 bits per heavy atom. The molecule has 0 bridgehead atoms. The minimum atomic E-state index is -1.00. The van der Waals surface area contributed by atoms with Gasteiger partial charge in [0.2, 0.25) is 11.6 Å². The van der Waals surface area contributed by atoms with E-state index in [0.29, 0.717) is 13.1 Å². The van der Waals surface area contributed by atoms with Crippen molar-refractivity contribution in [2.75, 3.05) is 27.3 Å². The average Bonchev–Trinajstić information content (AvgIpc) is 2.31. The normalized spacial score (nSPS) is 44.6. The van der Waals surface area contributed by atoms with Crippen molar-refractivity contribution in [2.45, 2.75) is 37.6 Å². The highest BCUT2D eigenvalue weighted by molar-refractivity contribution is 4.91. The van der Waals surface area contributed by atoms with Crippen LogP contribution in [0.25, 0.3) is 0 Å². The molecule has 0 aromatic rings. The van der Waals surface area contributed by atoms with Crippen molar-refractivity contribution >= 4 is 0 Å². The van der Waals surface area contributed by atoms with E-state index in [-0.39, 0.29) is 12.2 Å². The van der Waals surface area contributed by atoms with Crippen molar-refractivity contribution in [1.29, 1.82) is 0 Å². The Kier molecular flexibility index (Phi) is 4.28. The van der Waals surface area contributed by atoms with Crippen LogP contribution in [0.2, 0.25) is 0 Å². The summed E-state index contributed by atoms with van der Waals surface area (Å²) in [6, 6.07) is 0. The van der Waals surface area contributed by atoms with Gasteiger partial charge in [0.05, 0.1) is 0 Å². The molecule has 1 saturated heterocycles. The summed E-state index contributed by atoms with van der Waals surface area (Å²) < 4.78 is 22.3. The van der Waals surface area contributed by atoms with E-state index in [0.717, 1.165) is 0 Å². The van der Waals surface area contributed by atoms with Gasteiger partial charge in [-0.25, -0.2) is 0 Å². The van der Waals surface area contributed by atoms with Gasteiger partial charge in [0.15, 0.2) is 0 Å². The molecule has 0 radical (unpaired) electrons. The zero-order chi connectivity index (χ0) is 12.4. The zero-order valence-corrected chi connectivity index (χ0v) is 10.4. The summed E-state index contributed by atoms with van der Waals surface area (Å²) in [6.45, 7) is 4.15. The third-order valence-electron chi connectivity index (χ3n) is 3.24. The molecule has 1 aliphatic heterocycles. The van der Waals surface area contributed by atoms with Crippen LogP contribution < -0.4 is 11.5 Å². The monoisotopic (exact) mass is 234 g/mol. The van der Waals surface area contributed by atoms with Gasteiger partial charge in [0, 0.05) is 27.3 Å². The maximum Gasteiger partial charge on any atom is 0.220 e. The van der Waals surface area contributed by atoms with Gasteiger partial charge >= 0.3 is 0 Å². The minimum Gasteiger partial charge on any atom is -0.349 e. The first-order valence-electron chi connectivity index (χ1n) is 5.32. The molecule has 4 atom stereocenters. The number of methoxy groups -OCH3 is 2. The van der Waals surface area contributed by atoms with Gasteiger partial charge in [-0.15, -0.1) is 0 Å². The molecule has 1 unspecified atom stereocenters. The predicted octanol–water partition coefficient (Wildman–Crippen LogP) is -0.587. The smallest absolute Gasteiger partial charge is 0.220 e. The van der Waals surface area contributed by atoms with E-state index < -0.39 is 11.6 Å². The molecule has 6 nitrogen and oxygen atoms in total. The van der Waals surface area contributed by atoms with Crippen molar-refractivity contribution in [2.24, 2.45) is 11.5 Å². The fraction of sp³-hybridized carbons (Fsp3) is 1.00. The van der Waals surface area contributed by atoms with Crippen LogP contribution in [-0.2, 0) is 18.9 Å². The van der Waals surface area contributed by atoms with Crippen molar-refractivity contribution in [3.05, 3.63) is 0 Å². The molecule has 4 N–H and O–H groups in total. The summed E-state index contributed by atoms with van der Waals surface area (Å²) in [4.78, 5) is 0. The third-order valence-corrected chi connectivity index (χ3v) is 3.24. The molecular weight excluding hydrogens is 212 g/mol. The Bertz CT molecular complexity index is 217. The first-order valence-corrected chi connectivity index (χ1v) is 5.32. The molecule has 0 saturated carbocycles. The Hall–Kier alpha value is -0.240. The zero-order valence-electron chi connectivity index (χ0n) is 10.4. The highest BCUT2D eigenvalue weighted by atomic mass is 16.8. The van der Waals surface area contributed by atoms with Crippen molar-refractivity contribution in [1.82, 2.24) is 0 Å². The van der Waals surface area contributed by atoms with Gasteiger partial charge in [-0.2, -0.15) is 0 Å². The van der Waals surface area contributed by atoms with Gasteiger partial charge in [0.1, 0.15) is 12.2 Å². The van der Waals surface area contributed by atoms with E-state index >= 15 is 0 Å². The van der Waals surface area contributed by atoms with Gasteiger partial charge < -0.3 is 30.4 Å². The average molecular weight is 234 g/mol. The fourth-order valence-electron chi connectivity index (χ4n) is 1.81. The SMILES string of the molecule is COC1(C)O[C@@H](CN)[C@@H](CN)O[C@@]1(C)OC. The van der Waals surface area contributed by atoms with Gasteiger partial charge in [-0.3, -0.25) is 0 Å². The molecule has 0 aromatic heterocycles. The molecule has 1 aliphatic rings. The van der Waals surface area contributed by atoms with Crippen LogP contribution in [0.1, 0.15) is 13.8 Å². The molecule has 1 fully saturated rings. The number of rotatable bonds is 4. The molecular formula is C10H22N2O4. The quantitative estimate of drug-likeness (QED) is 0.676. The van der Waals surface area contributed by atoms with Crippen LogP contribution in [0, 0.1) is 0 Å². The lowest BCUT2D eigenvalue weighted by atomic mass is 10.0. The van der Waals surface area contributed by atoms with Crippen LogP contribution in [-0.4, -0.2) is 51.1 Å². The van der Waals surface area contributed by atoms with E-state index in [1.54, 1.807) is 13.8 Å². The maximum absolute atomic E-state index is 5.81. The molecule has 16 heavy (non-hydrogen) atoms. The Morgan fingerprint density at radius 2 is 1.25 bits per heavy atom. The molecule has 0 amide bonds. The summed E-state index contributed by atoms with van der Waals surface area (Å²) in [5.74, 6) is -2.01. The largest absolute Gasteiger partial charge is 0.349 e. The molecule has 0 aliphatic carbocycles. The summed E-state index contributed by atoms with van der Waals surface area (Å²) in [5.41, 5.74) is 11.2. The minimum absolute atomic E-state index is 0.293. The van der Waals surface area contributed by atoms with E-state index in [2.05, 4.69) is 0 Å². The number of nitrogens with two attached hydrogens (primary N) is 2. The Balaban J connectivity index is 2.94. The Labute approximate surface area is 96.2 Å². The first kappa shape index (κ1) is 13.8. The van der Waals surface area contributed by atoms with Crippen molar-refractivity contribution in [3.8, 4) is 0 Å². The van der Waals surface area contributed by atoms with Gasteiger partial charge in [-0.1, -0.05) is 0 Å². The molecule has 6 heteroatoms. The van der Waals surface area contributed by atoms with Gasteiger partial charge in [-0.05, 0) is 13.8 Å². The fourth-order valence-corrected chi connectivity index (χ4v) is 1.81. The number of hydrogen-bond acceptors (Lipinski definition) is 6. The summed E-state index contributed by atoms with van der Waals surface area (Å²) in [7, 11) is 3.08. The highest BCUT2D eigenvalue weighted by Crippen LogP contribution is 2.38. The van der Waals surface area contributed by atoms with Crippen LogP contribution in [0.3, 0.4) is 0 Å². The molecule has 0 aromatic carbocycles. The molecule has 0 spiro atoms. The standard InChI is InChI=1S/C10H22N2O4/c1-9(13-3)10(2,14-4)16-8(6-12)7(5-11)15-9/h7-8H,5-6,11-12H2,1-4H3/t7-,8+,9-,10?/m1/s1. The second-order valence-electron chi connectivity index (χ2n) is 4.08. The third kappa shape index (κ3) is 2.09. The lowest BCUT2D eigenvalue weighted by Gasteiger charge is -2.51. The van der Waals surface area contributed by atoms with Crippen LogP contribution in [0.4, 0.5) is 0 Å². The predicted molar refractivity (Wildman–Crippen MR) is 58.7 cm³/mol. The van der Waals surface area contributed by atoms with Crippen LogP contribution in [0.15, 0.2) is 0 Å². The van der Waals surface area contributed by atoms with Crippen molar-refractivity contribution < 1.29 is 18.9 Å². The first-order chi connectivity index (χ1) is 7.46. The van der Waals surface area contributed by atoms with E-state index in [9.17, 15) is 0 Å². The van der Waals surface area contributed by atoms with Crippen LogP contribution >= 0.6 is 0 Å². The van der Waals surface area contributed by atoms with Crippen molar-refractivity contribution in [3.63, 3.8) is 0 Å².